The number of unbranched alkanes of at least 4 members (excludes halogenated alkanes) is 1. The van der Waals surface area contributed by atoms with Crippen molar-refractivity contribution in [3.63, 3.8) is 0 Å². The molecule has 0 saturated carbocycles. The van der Waals surface area contributed by atoms with Gasteiger partial charge in [-0.15, -0.1) is 5.06 Å². The molecule has 4 heterocycles. The standard InChI is InChI=1S/C38H49N6O9P/c1-5-6-21-50-38(47)52-44-19-17-42(18-20-44)37(46)32(25-54(48)51-24-28-13-10-14-30(26(2)3)34(28)53-54)40-36(45)31-22-33(43-16-15-29(23-43)49-4)41-35(39-31)27-11-8-7-9-12-27/h7-14,22,26,29,32H,5-6,15-21,23-25H2,1-4H3,(H,40,45)/t29-,32-,54?/m0/s1. The first kappa shape index (κ1) is 39.1. The molecule has 0 spiro atoms. The summed E-state index contributed by atoms with van der Waals surface area (Å²) < 4.78 is 37.1. The van der Waals surface area contributed by atoms with Crippen LogP contribution in [-0.2, 0) is 34.8 Å². The highest BCUT2D eigenvalue weighted by molar-refractivity contribution is 7.54. The van der Waals surface area contributed by atoms with Crippen molar-refractivity contribution in [1.29, 1.82) is 0 Å². The Hall–Kier alpha value is -4.56. The summed E-state index contributed by atoms with van der Waals surface area (Å²) in [5, 5.41) is 4.27. The summed E-state index contributed by atoms with van der Waals surface area (Å²) in [6.45, 7) is 8.33. The quantitative estimate of drug-likeness (QED) is 0.134. The molecule has 3 aromatic rings. The average molecular weight is 765 g/mol. The molecular weight excluding hydrogens is 715 g/mol. The zero-order chi connectivity index (χ0) is 38.2. The summed E-state index contributed by atoms with van der Waals surface area (Å²) in [6, 6.07) is 15.3. The molecule has 3 atom stereocenters. The van der Waals surface area contributed by atoms with Crippen LogP contribution < -0.4 is 14.7 Å². The lowest BCUT2D eigenvalue weighted by Gasteiger charge is -2.36. The number of aromatic nitrogens is 2. The number of benzene rings is 2. The molecule has 2 saturated heterocycles. The minimum absolute atomic E-state index is 0.0195. The maximum atomic E-state index is 14.4. The summed E-state index contributed by atoms with van der Waals surface area (Å²) in [5.74, 6) is 0.302. The van der Waals surface area contributed by atoms with Gasteiger partial charge in [-0.05, 0) is 24.3 Å². The Labute approximate surface area is 315 Å². The van der Waals surface area contributed by atoms with E-state index in [0.717, 1.165) is 30.4 Å². The fourth-order valence-electron chi connectivity index (χ4n) is 6.56. The Balaban J connectivity index is 1.25. The number of nitrogens with zero attached hydrogens (tertiary/aromatic N) is 5. The molecule has 6 rings (SSSR count). The number of carbonyl (C=O) groups is 3. The fraction of sp³-hybridized carbons (Fsp3) is 0.500. The van der Waals surface area contributed by atoms with Crippen molar-refractivity contribution in [3.8, 4) is 17.1 Å². The van der Waals surface area contributed by atoms with Crippen LogP contribution in [0.25, 0.3) is 11.4 Å². The van der Waals surface area contributed by atoms with Crippen LogP contribution in [0.15, 0.2) is 54.6 Å². The first-order valence-electron chi connectivity index (χ1n) is 18.5. The lowest BCUT2D eigenvalue weighted by Crippen LogP contribution is -2.56. The van der Waals surface area contributed by atoms with Crippen LogP contribution in [0.5, 0.6) is 5.75 Å². The predicted molar refractivity (Wildman–Crippen MR) is 200 cm³/mol. The summed E-state index contributed by atoms with van der Waals surface area (Å²) >= 11 is 0. The number of amides is 2. The van der Waals surface area contributed by atoms with Gasteiger partial charge in [0.1, 0.15) is 23.3 Å². The molecule has 3 aliphatic heterocycles. The van der Waals surface area contributed by atoms with Gasteiger partial charge in [-0.3, -0.25) is 14.1 Å². The van der Waals surface area contributed by atoms with Gasteiger partial charge in [-0.2, -0.15) is 0 Å². The van der Waals surface area contributed by atoms with E-state index in [4.69, 9.17) is 28.3 Å². The Morgan fingerprint density at radius 1 is 1.02 bits per heavy atom. The first-order valence-corrected chi connectivity index (χ1v) is 20.2. The molecule has 290 valence electrons. The molecule has 2 aromatic carbocycles. The average Bonchev–Trinajstić information content (AvgIpc) is 3.67. The van der Waals surface area contributed by atoms with Gasteiger partial charge in [0.2, 0.25) is 5.91 Å². The van der Waals surface area contributed by atoms with Gasteiger partial charge in [-0.1, -0.05) is 75.7 Å². The van der Waals surface area contributed by atoms with E-state index in [0.29, 0.717) is 36.0 Å². The van der Waals surface area contributed by atoms with Crippen molar-refractivity contribution < 1.29 is 42.3 Å². The van der Waals surface area contributed by atoms with Crippen molar-refractivity contribution in [2.24, 2.45) is 0 Å². The van der Waals surface area contributed by atoms with Crippen molar-refractivity contribution >= 4 is 31.4 Å². The summed E-state index contributed by atoms with van der Waals surface area (Å²) in [7, 11) is -2.30. The molecule has 1 unspecified atom stereocenters. The topological polar surface area (TPSA) is 162 Å². The van der Waals surface area contributed by atoms with E-state index < -0.39 is 37.8 Å². The van der Waals surface area contributed by atoms with Gasteiger partial charge < -0.3 is 34.0 Å². The van der Waals surface area contributed by atoms with Gasteiger partial charge in [0.15, 0.2) is 5.82 Å². The molecule has 1 aromatic heterocycles. The number of ether oxygens (including phenoxy) is 2. The third-order valence-corrected chi connectivity index (χ3v) is 11.5. The number of hydrogen-bond acceptors (Lipinski definition) is 13. The van der Waals surface area contributed by atoms with E-state index >= 15 is 0 Å². The number of carbonyl (C=O) groups excluding carboxylic acids is 3. The number of hydroxylamine groups is 2. The second-order valence-corrected chi connectivity index (χ2v) is 15.9. The predicted octanol–water partition coefficient (Wildman–Crippen LogP) is 5.41. The van der Waals surface area contributed by atoms with Crippen molar-refractivity contribution in [2.75, 3.05) is 64.0 Å². The summed E-state index contributed by atoms with van der Waals surface area (Å²) in [5.41, 5.74) is 2.37. The lowest BCUT2D eigenvalue weighted by molar-refractivity contribution is -0.157. The monoisotopic (exact) mass is 764 g/mol. The number of methoxy groups -OCH3 is 1. The van der Waals surface area contributed by atoms with Gasteiger partial charge >= 0.3 is 13.8 Å². The van der Waals surface area contributed by atoms with E-state index in [-0.39, 0.29) is 57.1 Å². The largest absolute Gasteiger partial charge is 0.527 e. The third kappa shape index (κ3) is 9.56. The Kier molecular flexibility index (Phi) is 12.8. The van der Waals surface area contributed by atoms with Gasteiger partial charge in [0.25, 0.3) is 5.91 Å². The van der Waals surface area contributed by atoms with E-state index in [1.165, 1.54) is 9.96 Å². The number of anilines is 1. The SMILES string of the molecule is CCCCOC(=O)ON1CCN(C(=O)[C@H](CP2(=O)OCc3cccc(C(C)C)c3O2)NC(=O)c2cc(N3CC[C@H](OC)C3)nc(-c3ccccc3)n2)CC1. The maximum absolute atomic E-state index is 14.4. The second kappa shape index (κ2) is 17.7. The van der Waals surface area contributed by atoms with Crippen molar-refractivity contribution in [1.82, 2.24) is 25.2 Å². The van der Waals surface area contributed by atoms with Crippen LogP contribution in [0.2, 0.25) is 0 Å². The van der Waals surface area contributed by atoms with Crippen LogP contribution in [0.4, 0.5) is 10.6 Å². The zero-order valence-electron chi connectivity index (χ0n) is 31.3. The molecule has 2 amide bonds. The van der Waals surface area contributed by atoms with E-state index in [1.807, 2.05) is 74.2 Å². The molecule has 1 N–H and O–H groups in total. The van der Waals surface area contributed by atoms with Crippen LogP contribution in [-0.4, -0.2) is 109 Å². The Morgan fingerprint density at radius 3 is 2.50 bits per heavy atom. The van der Waals surface area contributed by atoms with Gasteiger partial charge in [0, 0.05) is 50.5 Å². The number of para-hydroxylation sites is 1. The number of rotatable bonds is 13. The first-order chi connectivity index (χ1) is 26.1. The van der Waals surface area contributed by atoms with Crippen LogP contribution in [0.3, 0.4) is 0 Å². The van der Waals surface area contributed by atoms with Gasteiger partial charge in [-0.25, -0.2) is 19.3 Å². The maximum Gasteiger partial charge on any atom is 0.527 e. The van der Waals surface area contributed by atoms with E-state index in [9.17, 15) is 18.9 Å². The molecule has 0 aliphatic carbocycles. The number of nitrogens with one attached hydrogen (secondary N) is 1. The van der Waals surface area contributed by atoms with E-state index in [2.05, 4.69) is 10.3 Å². The minimum Gasteiger partial charge on any atom is -0.433 e. The van der Waals surface area contributed by atoms with Gasteiger partial charge in [0.05, 0.1) is 38.6 Å². The third-order valence-electron chi connectivity index (χ3n) is 9.66. The number of fused-ring (bicyclic) bond motifs is 1. The summed E-state index contributed by atoms with van der Waals surface area (Å²) in [6.07, 6.45) is 1.20. The molecular formula is C38H49N6O9P. The molecule has 2 fully saturated rings. The second-order valence-electron chi connectivity index (χ2n) is 13.9. The van der Waals surface area contributed by atoms with Crippen LogP contribution >= 0.6 is 7.60 Å². The molecule has 15 nitrogen and oxygen atoms in total. The Bertz CT molecular complexity index is 1840. The fourth-order valence-corrected chi connectivity index (χ4v) is 8.32. The molecule has 54 heavy (non-hydrogen) atoms. The van der Waals surface area contributed by atoms with Crippen LogP contribution in [0.1, 0.15) is 67.6 Å². The molecule has 0 bridgehead atoms. The summed E-state index contributed by atoms with van der Waals surface area (Å²) in [4.78, 5) is 59.0. The van der Waals surface area contributed by atoms with E-state index in [1.54, 1.807) is 13.2 Å². The highest BCUT2D eigenvalue weighted by Crippen LogP contribution is 2.55. The number of hydrogen-bond donors (Lipinski definition) is 1. The highest BCUT2D eigenvalue weighted by Gasteiger charge is 2.41. The Morgan fingerprint density at radius 2 is 1.80 bits per heavy atom. The molecule has 3 aliphatic rings. The zero-order valence-corrected chi connectivity index (χ0v) is 32.2. The normalized spacial score (nSPS) is 20.6. The lowest BCUT2D eigenvalue weighted by atomic mass is 9.99. The number of piperazine rings is 1. The molecule has 16 heteroatoms. The van der Waals surface area contributed by atoms with Crippen molar-refractivity contribution in [2.45, 2.75) is 64.7 Å². The van der Waals surface area contributed by atoms with Crippen molar-refractivity contribution in [3.05, 3.63) is 71.4 Å². The highest BCUT2D eigenvalue weighted by atomic mass is 31.2. The molecule has 0 radical (unpaired) electrons. The van der Waals surface area contributed by atoms with Crippen LogP contribution in [0, 0.1) is 0 Å². The minimum atomic E-state index is -3.97. The smallest absolute Gasteiger partial charge is 0.433 e.